The maximum absolute atomic E-state index is 5.84. The molecule has 0 aromatic carbocycles. The Balaban J connectivity index is 1.95. The molecule has 5 rings (SSSR count). The average Bonchev–Trinajstić information content (AvgIpc) is 2.50. The largest absolute Gasteiger partial charge is 0.373 e. The van der Waals surface area contributed by atoms with Crippen molar-refractivity contribution >= 4 is 0 Å². The van der Waals surface area contributed by atoms with Crippen molar-refractivity contribution < 1.29 is 4.74 Å². The molecule has 64 valence electrons. The van der Waals surface area contributed by atoms with Gasteiger partial charge in [-0.1, -0.05) is 11.1 Å². The molecule has 4 saturated carbocycles. The van der Waals surface area contributed by atoms with Gasteiger partial charge in [0.2, 0.25) is 0 Å². The summed E-state index contributed by atoms with van der Waals surface area (Å²) in [5.41, 5.74) is 3.38. The van der Waals surface area contributed by atoms with Crippen LogP contribution in [0.4, 0.5) is 0 Å². The molecule has 4 aliphatic carbocycles. The second-order valence-corrected chi connectivity index (χ2v) is 5.13. The summed E-state index contributed by atoms with van der Waals surface area (Å²) in [6.45, 7) is 4.56. The van der Waals surface area contributed by atoms with E-state index in [0.29, 0.717) is 12.2 Å². The van der Waals surface area contributed by atoms with Gasteiger partial charge in [-0.05, 0) is 32.1 Å². The van der Waals surface area contributed by atoms with Crippen molar-refractivity contribution in [2.45, 2.75) is 32.5 Å². The lowest BCUT2D eigenvalue weighted by Crippen LogP contribution is -2.39. The molecule has 3 unspecified atom stereocenters. The number of ether oxygens (including phenoxy) is 1. The lowest BCUT2D eigenvalue weighted by molar-refractivity contribution is -0.125. The molecule has 1 saturated heterocycles. The molecule has 0 spiro atoms. The Bertz CT molecular complexity index is 298. The van der Waals surface area contributed by atoms with Gasteiger partial charge in [0.15, 0.2) is 0 Å². The molecule has 5 aliphatic rings. The van der Waals surface area contributed by atoms with Crippen LogP contribution < -0.4 is 0 Å². The van der Waals surface area contributed by atoms with Gasteiger partial charge in [0.05, 0.1) is 12.2 Å². The molecular weight excluding hydrogens is 148 g/mol. The Hall–Kier alpha value is -0.300. The van der Waals surface area contributed by atoms with Crippen LogP contribution in [0.3, 0.4) is 0 Å². The first kappa shape index (κ1) is 6.20. The first-order valence-corrected chi connectivity index (χ1v) is 5.12. The summed E-state index contributed by atoms with van der Waals surface area (Å²) in [6.07, 6.45) is 2.83. The molecule has 1 heterocycles. The summed E-state index contributed by atoms with van der Waals surface area (Å²) < 4.78 is 5.84. The highest BCUT2D eigenvalue weighted by molar-refractivity contribution is 5.40. The summed E-state index contributed by atoms with van der Waals surface area (Å²) in [5, 5.41) is 0. The van der Waals surface area contributed by atoms with Gasteiger partial charge in [-0.25, -0.2) is 0 Å². The molecule has 0 radical (unpaired) electrons. The molecular formula is C11H14O. The molecule has 6 atom stereocenters. The molecule has 5 fully saturated rings. The number of hydrogen-bond donors (Lipinski definition) is 0. The van der Waals surface area contributed by atoms with E-state index >= 15 is 0 Å². The Morgan fingerprint density at radius 2 is 2.17 bits per heavy atom. The van der Waals surface area contributed by atoms with Crippen molar-refractivity contribution in [2.75, 3.05) is 0 Å². The molecule has 6 bridgehead atoms. The van der Waals surface area contributed by atoms with E-state index in [1.165, 1.54) is 6.42 Å². The van der Waals surface area contributed by atoms with E-state index in [1.807, 2.05) is 0 Å². The van der Waals surface area contributed by atoms with Gasteiger partial charge in [0.25, 0.3) is 0 Å². The maximum atomic E-state index is 5.84. The highest BCUT2D eigenvalue weighted by Gasteiger charge is 2.75. The van der Waals surface area contributed by atoms with E-state index in [0.717, 1.165) is 23.7 Å². The standard InChI is InChI=1S/C11H14O/c1-4(2)7-5-3-6-8(7)11-9(5)10(6)12-11/h5-6,8-11H,3H2,1-2H3/t5-,6+,8+,9?,10?,11?/m1/s1. The van der Waals surface area contributed by atoms with E-state index in [2.05, 4.69) is 13.8 Å². The van der Waals surface area contributed by atoms with Crippen molar-refractivity contribution in [3.05, 3.63) is 11.1 Å². The lowest BCUT2D eigenvalue weighted by atomic mass is 9.89. The fourth-order valence-corrected chi connectivity index (χ4v) is 4.50. The molecule has 1 heteroatoms. The fourth-order valence-electron chi connectivity index (χ4n) is 4.50. The van der Waals surface area contributed by atoms with Crippen LogP contribution in [-0.4, -0.2) is 12.2 Å². The summed E-state index contributed by atoms with van der Waals surface area (Å²) in [6, 6.07) is 0. The number of rotatable bonds is 0. The monoisotopic (exact) mass is 162 g/mol. The van der Waals surface area contributed by atoms with Gasteiger partial charge < -0.3 is 4.74 Å². The summed E-state index contributed by atoms with van der Waals surface area (Å²) in [4.78, 5) is 0. The van der Waals surface area contributed by atoms with Crippen LogP contribution in [0.15, 0.2) is 11.1 Å². The number of allylic oxidation sites excluding steroid dienone is 1. The predicted octanol–water partition coefficient (Wildman–Crippen LogP) is 1.99. The molecule has 0 N–H and O–H groups in total. The van der Waals surface area contributed by atoms with Crippen LogP contribution in [0.25, 0.3) is 0 Å². The van der Waals surface area contributed by atoms with Crippen molar-refractivity contribution in [1.29, 1.82) is 0 Å². The highest BCUT2D eigenvalue weighted by Crippen LogP contribution is 2.73. The lowest BCUT2D eigenvalue weighted by Gasteiger charge is -2.33. The quantitative estimate of drug-likeness (QED) is 0.495. The highest BCUT2D eigenvalue weighted by atomic mass is 16.5. The molecule has 1 nitrogen and oxygen atoms in total. The zero-order valence-corrected chi connectivity index (χ0v) is 7.58. The Labute approximate surface area is 72.8 Å². The second-order valence-electron chi connectivity index (χ2n) is 5.13. The zero-order valence-electron chi connectivity index (χ0n) is 7.58. The van der Waals surface area contributed by atoms with E-state index in [1.54, 1.807) is 11.1 Å². The van der Waals surface area contributed by atoms with Gasteiger partial charge >= 0.3 is 0 Å². The van der Waals surface area contributed by atoms with E-state index in [4.69, 9.17) is 4.74 Å². The van der Waals surface area contributed by atoms with Crippen molar-refractivity contribution in [2.24, 2.45) is 23.7 Å². The van der Waals surface area contributed by atoms with Crippen LogP contribution in [0.1, 0.15) is 20.3 Å². The van der Waals surface area contributed by atoms with Crippen LogP contribution in [0, 0.1) is 23.7 Å². The normalized spacial score (nSPS) is 63.0. The SMILES string of the molecule is CC(C)=C1[C@H]2C[C@@H]3C4OC(C42)[C@H]13. The Morgan fingerprint density at radius 3 is 2.67 bits per heavy atom. The summed E-state index contributed by atoms with van der Waals surface area (Å²) in [5.74, 6) is 3.73. The van der Waals surface area contributed by atoms with Crippen LogP contribution in [0.2, 0.25) is 0 Å². The van der Waals surface area contributed by atoms with Gasteiger partial charge in [-0.2, -0.15) is 0 Å². The molecule has 0 aromatic rings. The fraction of sp³-hybridized carbons (Fsp3) is 0.818. The smallest absolute Gasteiger partial charge is 0.0707 e. The third-order valence-corrected chi connectivity index (χ3v) is 4.64. The number of hydrogen-bond acceptors (Lipinski definition) is 1. The maximum Gasteiger partial charge on any atom is 0.0707 e. The van der Waals surface area contributed by atoms with Crippen LogP contribution in [0.5, 0.6) is 0 Å². The zero-order chi connectivity index (χ0) is 8.03. The first-order chi connectivity index (χ1) is 5.79. The topological polar surface area (TPSA) is 9.23 Å². The van der Waals surface area contributed by atoms with Gasteiger partial charge in [0, 0.05) is 11.8 Å². The summed E-state index contributed by atoms with van der Waals surface area (Å²) in [7, 11) is 0. The second kappa shape index (κ2) is 1.52. The minimum Gasteiger partial charge on any atom is -0.373 e. The van der Waals surface area contributed by atoms with Crippen LogP contribution >= 0.6 is 0 Å². The average molecular weight is 162 g/mol. The minimum absolute atomic E-state index is 0.670. The van der Waals surface area contributed by atoms with E-state index in [9.17, 15) is 0 Å². The molecule has 0 amide bonds. The predicted molar refractivity (Wildman–Crippen MR) is 45.6 cm³/mol. The third-order valence-electron chi connectivity index (χ3n) is 4.64. The summed E-state index contributed by atoms with van der Waals surface area (Å²) >= 11 is 0. The third kappa shape index (κ3) is 0.384. The molecule has 12 heavy (non-hydrogen) atoms. The minimum atomic E-state index is 0.670. The van der Waals surface area contributed by atoms with Crippen molar-refractivity contribution in [3.8, 4) is 0 Å². The van der Waals surface area contributed by atoms with E-state index < -0.39 is 0 Å². The van der Waals surface area contributed by atoms with Crippen LogP contribution in [-0.2, 0) is 4.74 Å². The van der Waals surface area contributed by atoms with Crippen molar-refractivity contribution in [1.82, 2.24) is 0 Å². The molecule has 0 aromatic heterocycles. The van der Waals surface area contributed by atoms with E-state index in [-0.39, 0.29) is 0 Å². The Kier molecular flexibility index (Phi) is 0.787. The first-order valence-electron chi connectivity index (χ1n) is 5.12. The van der Waals surface area contributed by atoms with Gasteiger partial charge in [-0.3, -0.25) is 0 Å². The molecule has 1 aliphatic heterocycles. The van der Waals surface area contributed by atoms with Crippen molar-refractivity contribution in [3.63, 3.8) is 0 Å². The Morgan fingerprint density at radius 1 is 1.33 bits per heavy atom. The van der Waals surface area contributed by atoms with Gasteiger partial charge in [0.1, 0.15) is 0 Å². The van der Waals surface area contributed by atoms with Gasteiger partial charge in [-0.15, -0.1) is 0 Å².